The number of carbonyl (C=O) groups excluding carboxylic acids is 1. The Bertz CT molecular complexity index is 238. The Balaban J connectivity index is 0. The van der Waals surface area contributed by atoms with Crippen LogP contribution in [0.25, 0.3) is 0 Å². The summed E-state index contributed by atoms with van der Waals surface area (Å²) in [6.07, 6.45) is 0. The Hall–Kier alpha value is 0.340. The molecule has 0 saturated heterocycles. The Morgan fingerprint density at radius 2 is 2.00 bits per heavy atom. The van der Waals surface area contributed by atoms with Gasteiger partial charge in [-0.15, -0.1) is 0 Å². The molecule has 0 bridgehead atoms. The summed E-state index contributed by atoms with van der Waals surface area (Å²) in [6, 6.07) is 0. The molecule has 0 unspecified atom stereocenters. The Kier molecular flexibility index (Phi) is 7.29. The summed E-state index contributed by atoms with van der Waals surface area (Å²) in [7, 11) is -1.80. The first kappa shape index (κ1) is 14.8. The van der Waals surface area contributed by atoms with Gasteiger partial charge in [0.15, 0.2) is 5.75 Å². The first-order chi connectivity index (χ1) is 4.87. The zero-order chi connectivity index (χ0) is 9.07. The second-order valence-corrected chi connectivity index (χ2v) is 3.25. The maximum absolute atomic E-state index is 10.7. The summed E-state index contributed by atoms with van der Waals surface area (Å²) in [4.78, 5) is 15.0. The standard InChI is InChI=1S/C4H9NO5S.Na.H/c1-5(10-2)4(6)3-11(7,8)9;;/h3H2,1-2H3,(H,7,8,9);;. The van der Waals surface area contributed by atoms with Gasteiger partial charge >= 0.3 is 29.6 Å². The van der Waals surface area contributed by atoms with Gasteiger partial charge in [-0.05, 0) is 0 Å². The second-order valence-electron chi connectivity index (χ2n) is 1.80. The predicted octanol–water partition coefficient (Wildman–Crippen LogP) is -1.75. The topological polar surface area (TPSA) is 83.9 Å². The third-order valence-corrected chi connectivity index (χ3v) is 1.54. The van der Waals surface area contributed by atoms with E-state index < -0.39 is 21.8 Å². The maximum atomic E-state index is 10.7. The fourth-order valence-corrected chi connectivity index (χ4v) is 0.843. The number of amides is 1. The van der Waals surface area contributed by atoms with E-state index >= 15 is 0 Å². The zero-order valence-corrected chi connectivity index (χ0v) is 6.96. The van der Waals surface area contributed by atoms with E-state index in [1.807, 2.05) is 0 Å². The van der Waals surface area contributed by atoms with Crippen LogP contribution in [0, 0.1) is 0 Å². The van der Waals surface area contributed by atoms with Crippen LogP contribution in [-0.2, 0) is 19.8 Å². The second kappa shape index (κ2) is 5.90. The molecule has 0 radical (unpaired) electrons. The van der Waals surface area contributed by atoms with Gasteiger partial charge in [-0.2, -0.15) is 8.42 Å². The molecular weight excluding hydrogens is 197 g/mol. The molecule has 0 rings (SSSR count). The van der Waals surface area contributed by atoms with Gasteiger partial charge in [-0.1, -0.05) is 0 Å². The van der Waals surface area contributed by atoms with Crippen molar-refractivity contribution < 1.29 is 22.6 Å². The quantitative estimate of drug-likeness (QED) is 0.337. The van der Waals surface area contributed by atoms with Gasteiger partial charge in [0.25, 0.3) is 16.0 Å². The number of hydrogen-bond acceptors (Lipinski definition) is 4. The molecule has 8 heteroatoms. The fraction of sp³-hybridized carbons (Fsp3) is 0.750. The van der Waals surface area contributed by atoms with Crippen LogP contribution in [0.3, 0.4) is 0 Å². The van der Waals surface area contributed by atoms with Gasteiger partial charge < -0.3 is 0 Å². The van der Waals surface area contributed by atoms with E-state index in [1.54, 1.807) is 0 Å². The van der Waals surface area contributed by atoms with Gasteiger partial charge in [0.2, 0.25) is 0 Å². The van der Waals surface area contributed by atoms with Crippen molar-refractivity contribution in [2.24, 2.45) is 0 Å². The summed E-state index contributed by atoms with van der Waals surface area (Å²) >= 11 is 0. The van der Waals surface area contributed by atoms with Crippen LogP contribution in [0.15, 0.2) is 0 Å². The molecule has 0 fully saturated rings. The molecule has 0 saturated carbocycles. The fourth-order valence-electron chi connectivity index (χ4n) is 0.349. The summed E-state index contributed by atoms with van der Waals surface area (Å²) in [5.74, 6) is -1.79. The molecule has 0 aromatic carbocycles. The molecule has 0 aromatic heterocycles. The van der Waals surface area contributed by atoms with Gasteiger partial charge in [-0.3, -0.25) is 14.2 Å². The van der Waals surface area contributed by atoms with Crippen molar-refractivity contribution in [2.75, 3.05) is 19.9 Å². The monoisotopic (exact) mass is 207 g/mol. The van der Waals surface area contributed by atoms with Crippen molar-refractivity contribution in [3.05, 3.63) is 0 Å². The molecule has 1 amide bonds. The third-order valence-electron chi connectivity index (χ3n) is 0.931. The van der Waals surface area contributed by atoms with Crippen molar-refractivity contribution in [3.8, 4) is 0 Å². The molecule has 0 aliphatic carbocycles. The zero-order valence-electron chi connectivity index (χ0n) is 6.14. The van der Waals surface area contributed by atoms with Crippen molar-refractivity contribution in [1.82, 2.24) is 5.06 Å². The van der Waals surface area contributed by atoms with E-state index in [2.05, 4.69) is 4.84 Å². The van der Waals surface area contributed by atoms with Crippen LogP contribution in [0.1, 0.15) is 0 Å². The van der Waals surface area contributed by atoms with Crippen LogP contribution in [-0.4, -0.2) is 73.4 Å². The van der Waals surface area contributed by atoms with E-state index in [1.165, 1.54) is 14.2 Å². The SMILES string of the molecule is CON(C)C(=O)CS(=O)(=O)O.[NaH]. The van der Waals surface area contributed by atoms with Crippen molar-refractivity contribution >= 4 is 45.6 Å². The first-order valence-electron chi connectivity index (χ1n) is 2.62. The molecule has 0 aliphatic heterocycles. The first-order valence-corrected chi connectivity index (χ1v) is 4.23. The Morgan fingerprint density at radius 3 is 2.25 bits per heavy atom. The molecule has 6 nitrogen and oxygen atoms in total. The summed E-state index contributed by atoms with van der Waals surface area (Å²) in [5.41, 5.74) is 0. The van der Waals surface area contributed by atoms with Crippen LogP contribution >= 0.6 is 0 Å². The molecule has 12 heavy (non-hydrogen) atoms. The summed E-state index contributed by atoms with van der Waals surface area (Å²) in [5, 5.41) is 0.716. The normalized spacial score (nSPS) is 10.2. The van der Waals surface area contributed by atoms with E-state index in [4.69, 9.17) is 4.55 Å². The minimum absolute atomic E-state index is 0. The molecular formula is C4H10NNaO5S. The number of rotatable bonds is 3. The van der Waals surface area contributed by atoms with Crippen LogP contribution in [0.4, 0.5) is 0 Å². The van der Waals surface area contributed by atoms with E-state index in [-0.39, 0.29) is 29.6 Å². The molecule has 0 aromatic rings. The van der Waals surface area contributed by atoms with Gasteiger partial charge in [0.05, 0.1) is 7.11 Å². The average Bonchev–Trinajstić information content (AvgIpc) is 1.82. The number of carbonyl (C=O) groups is 1. The summed E-state index contributed by atoms with van der Waals surface area (Å²) in [6.45, 7) is 0. The average molecular weight is 207 g/mol. The van der Waals surface area contributed by atoms with Gasteiger partial charge in [-0.25, -0.2) is 5.06 Å². The van der Waals surface area contributed by atoms with Gasteiger partial charge in [0.1, 0.15) is 0 Å². The number of nitrogens with zero attached hydrogens (tertiary/aromatic N) is 1. The van der Waals surface area contributed by atoms with Crippen LogP contribution in [0.5, 0.6) is 0 Å². The number of hydroxylamine groups is 2. The molecule has 0 heterocycles. The van der Waals surface area contributed by atoms with Crippen LogP contribution < -0.4 is 0 Å². The van der Waals surface area contributed by atoms with E-state index in [9.17, 15) is 13.2 Å². The predicted molar refractivity (Wildman–Crippen MR) is 43.3 cm³/mol. The van der Waals surface area contributed by atoms with E-state index in [0.717, 1.165) is 0 Å². The molecule has 0 aliphatic rings. The van der Waals surface area contributed by atoms with Crippen molar-refractivity contribution in [2.45, 2.75) is 0 Å². The summed E-state index contributed by atoms with van der Waals surface area (Å²) < 4.78 is 28.4. The molecule has 0 atom stereocenters. The molecule has 0 spiro atoms. The molecule has 1 N–H and O–H groups in total. The third kappa shape index (κ3) is 7.01. The molecule has 68 valence electrons. The van der Waals surface area contributed by atoms with Crippen LogP contribution in [0.2, 0.25) is 0 Å². The van der Waals surface area contributed by atoms with Crippen molar-refractivity contribution in [1.29, 1.82) is 0 Å². The van der Waals surface area contributed by atoms with Gasteiger partial charge in [0, 0.05) is 7.05 Å². The van der Waals surface area contributed by atoms with E-state index in [0.29, 0.717) is 5.06 Å². The number of hydrogen-bond donors (Lipinski definition) is 1. The Morgan fingerprint density at radius 1 is 1.58 bits per heavy atom. The van der Waals surface area contributed by atoms with Crippen molar-refractivity contribution in [3.63, 3.8) is 0 Å². The minimum atomic E-state index is -4.25. The Labute approximate surface area is 92.9 Å².